The molecule has 0 N–H and O–H groups in total. The van der Waals surface area contributed by atoms with Crippen LogP contribution in [0.5, 0.6) is 0 Å². The lowest BCUT2D eigenvalue weighted by Gasteiger charge is -2.37. The maximum atomic E-state index is 7.17. The van der Waals surface area contributed by atoms with Gasteiger partial charge in [-0.1, -0.05) is 123 Å². The molecule has 4 nitrogen and oxygen atoms in total. The van der Waals surface area contributed by atoms with E-state index < -0.39 is 8.32 Å². The van der Waals surface area contributed by atoms with Crippen molar-refractivity contribution in [3.63, 3.8) is 0 Å². The topological polar surface area (TPSA) is 39.9 Å². The lowest BCUT2D eigenvalue weighted by atomic mass is 10.1. The van der Waals surface area contributed by atoms with Crippen molar-refractivity contribution in [1.29, 1.82) is 0 Å². The van der Waals surface area contributed by atoms with Gasteiger partial charge in [0.15, 0.2) is 0 Å². The Bertz CT molecular complexity index is 1250. The van der Waals surface area contributed by atoms with Crippen molar-refractivity contribution in [2.75, 3.05) is 0 Å². The van der Waals surface area contributed by atoms with Crippen molar-refractivity contribution in [2.45, 2.75) is 51.4 Å². The molecule has 1 aromatic heterocycles. The molecule has 3 aromatic carbocycles. The van der Waals surface area contributed by atoms with Gasteiger partial charge < -0.3 is 4.43 Å². The molecule has 0 saturated carbocycles. The smallest absolute Gasteiger partial charge is 0.278 e. The monoisotopic (exact) mass is 479 g/mol. The normalized spacial score (nSPS) is 12.4. The SMILES string of the molecule is CC(C)[Si](C#Cc1ccccc1)(O[C@H](c1ccccc1)c1cn(Cc2ccccc2)nn1)C(C)C. The summed E-state index contributed by atoms with van der Waals surface area (Å²) in [5, 5.41) is 9.01. The molecule has 1 atom stereocenters. The molecule has 4 rings (SSSR count). The Morgan fingerprint density at radius 2 is 1.37 bits per heavy atom. The Morgan fingerprint density at radius 1 is 0.800 bits per heavy atom. The Balaban J connectivity index is 1.72. The average molecular weight is 480 g/mol. The molecule has 0 aliphatic carbocycles. The molecule has 0 bridgehead atoms. The summed E-state index contributed by atoms with van der Waals surface area (Å²) in [6.07, 6.45) is 1.68. The summed E-state index contributed by atoms with van der Waals surface area (Å²) >= 11 is 0. The van der Waals surface area contributed by atoms with Gasteiger partial charge in [0.05, 0.1) is 12.7 Å². The van der Waals surface area contributed by atoms with Crippen molar-refractivity contribution in [3.8, 4) is 11.5 Å². The van der Waals surface area contributed by atoms with E-state index in [0.717, 1.165) is 16.8 Å². The van der Waals surface area contributed by atoms with Gasteiger partial charge in [0.1, 0.15) is 11.8 Å². The molecule has 0 aliphatic heterocycles. The van der Waals surface area contributed by atoms with E-state index in [9.17, 15) is 0 Å². The lowest BCUT2D eigenvalue weighted by Crippen LogP contribution is -2.45. The third-order valence-corrected chi connectivity index (χ3v) is 10.9. The van der Waals surface area contributed by atoms with Gasteiger partial charge in [0.25, 0.3) is 8.32 Å². The fraction of sp³-hybridized carbons (Fsp3) is 0.267. The van der Waals surface area contributed by atoms with Crippen LogP contribution >= 0.6 is 0 Å². The second kappa shape index (κ2) is 11.3. The predicted molar refractivity (Wildman–Crippen MR) is 144 cm³/mol. The highest BCUT2D eigenvalue weighted by Crippen LogP contribution is 2.39. The van der Waals surface area contributed by atoms with E-state index in [2.05, 4.69) is 85.9 Å². The van der Waals surface area contributed by atoms with Crippen molar-refractivity contribution in [3.05, 3.63) is 120 Å². The van der Waals surface area contributed by atoms with Crippen LogP contribution in [0.15, 0.2) is 97.2 Å². The fourth-order valence-corrected chi connectivity index (χ4v) is 7.85. The molecule has 4 aromatic rings. The third kappa shape index (κ3) is 5.97. The van der Waals surface area contributed by atoms with Gasteiger partial charge in [-0.25, -0.2) is 4.68 Å². The van der Waals surface area contributed by atoms with Crippen molar-refractivity contribution >= 4 is 8.32 Å². The Morgan fingerprint density at radius 3 is 1.97 bits per heavy atom. The summed E-state index contributed by atoms with van der Waals surface area (Å²) in [5.41, 5.74) is 8.34. The Labute approximate surface area is 210 Å². The van der Waals surface area contributed by atoms with Crippen LogP contribution in [-0.4, -0.2) is 23.3 Å². The van der Waals surface area contributed by atoms with E-state index in [0.29, 0.717) is 17.6 Å². The van der Waals surface area contributed by atoms with E-state index in [1.54, 1.807) is 0 Å². The molecule has 5 heteroatoms. The van der Waals surface area contributed by atoms with Crippen LogP contribution in [0.25, 0.3) is 0 Å². The molecule has 1 heterocycles. The largest absolute Gasteiger partial charge is 0.392 e. The molecular formula is C30H33N3OSi. The van der Waals surface area contributed by atoms with Crippen LogP contribution in [-0.2, 0) is 11.0 Å². The Hall–Kier alpha value is -3.46. The maximum Gasteiger partial charge on any atom is 0.278 e. The number of hydrogen-bond donors (Lipinski definition) is 0. The highest BCUT2D eigenvalue weighted by atomic mass is 28.4. The first-order chi connectivity index (χ1) is 17.0. The number of aromatic nitrogens is 3. The minimum absolute atomic E-state index is 0.296. The predicted octanol–water partition coefficient (Wildman–Crippen LogP) is 6.79. The molecule has 0 aliphatic rings. The third-order valence-electron chi connectivity index (χ3n) is 6.32. The standard InChI is InChI=1S/C30H33N3OSi/c1-24(2)35(25(3)4,21-20-26-14-8-5-9-15-26)34-30(28-18-12-7-13-19-28)29-23-33(32-31-29)22-27-16-10-6-11-17-27/h5-19,23-25,30H,22H2,1-4H3/t30-/m1/s1. The zero-order valence-electron chi connectivity index (χ0n) is 20.9. The molecule has 0 amide bonds. The van der Waals surface area contributed by atoms with Crippen LogP contribution in [0.4, 0.5) is 0 Å². The Kier molecular flexibility index (Phi) is 7.97. The molecule has 0 fully saturated rings. The van der Waals surface area contributed by atoms with Crippen LogP contribution < -0.4 is 0 Å². The van der Waals surface area contributed by atoms with Gasteiger partial charge in [-0.15, -0.1) is 5.10 Å². The summed E-state index contributed by atoms with van der Waals surface area (Å²) in [6.45, 7) is 9.61. The summed E-state index contributed by atoms with van der Waals surface area (Å²) in [7, 11) is -2.56. The average Bonchev–Trinajstić information content (AvgIpc) is 3.33. The summed E-state index contributed by atoms with van der Waals surface area (Å²) in [5.74, 6) is 3.44. The first-order valence-corrected chi connectivity index (χ1v) is 14.3. The fourth-order valence-electron chi connectivity index (χ4n) is 4.35. The van der Waals surface area contributed by atoms with Gasteiger partial charge in [-0.3, -0.25) is 0 Å². The second-order valence-corrected chi connectivity index (χ2v) is 13.8. The highest BCUT2D eigenvalue weighted by molar-refractivity contribution is 6.84. The van der Waals surface area contributed by atoms with Gasteiger partial charge in [-0.2, -0.15) is 0 Å². The van der Waals surface area contributed by atoms with E-state index in [4.69, 9.17) is 4.43 Å². The lowest BCUT2D eigenvalue weighted by molar-refractivity contribution is 0.223. The van der Waals surface area contributed by atoms with Crippen LogP contribution in [0.2, 0.25) is 11.1 Å². The van der Waals surface area contributed by atoms with Crippen molar-refractivity contribution in [1.82, 2.24) is 15.0 Å². The van der Waals surface area contributed by atoms with Gasteiger partial charge >= 0.3 is 0 Å². The zero-order valence-corrected chi connectivity index (χ0v) is 21.9. The van der Waals surface area contributed by atoms with Crippen molar-refractivity contribution < 1.29 is 4.43 Å². The molecule has 178 valence electrons. The molecule has 0 unspecified atom stereocenters. The molecule has 0 saturated heterocycles. The van der Waals surface area contributed by atoms with Gasteiger partial charge in [0.2, 0.25) is 0 Å². The number of rotatable bonds is 8. The molecular weight excluding hydrogens is 446 g/mol. The van der Waals surface area contributed by atoms with E-state index >= 15 is 0 Å². The minimum atomic E-state index is -2.56. The molecule has 0 radical (unpaired) electrons. The highest BCUT2D eigenvalue weighted by Gasteiger charge is 2.44. The van der Waals surface area contributed by atoms with Crippen molar-refractivity contribution in [2.24, 2.45) is 0 Å². The van der Waals surface area contributed by atoms with E-state index in [-0.39, 0.29) is 6.10 Å². The number of benzene rings is 3. The maximum absolute atomic E-state index is 7.17. The minimum Gasteiger partial charge on any atom is -0.392 e. The van der Waals surface area contributed by atoms with E-state index in [1.807, 2.05) is 65.5 Å². The molecule has 35 heavy (non-hydrogen) atoms. The van der Waals surface area contributed by atoms with Crippen LogP contribution in [0.3, 0.4) is 0 Å². The van der Waals surface area contributed by atoms with Crippen LogP contribution in [0.1, 0.15) is 56.2 Å². The number of nitrogens with zero attached hydrogens (tertiary/aromatic N) is 3. The first kappa shape index (κ1) is 24.7. The van der Waals surface area contributed by atoms with E-state index in [1.165, 1.54) is 5.56 Å². The van der Waals surface area contributed by atoms with Crippen LogP contribution in [0, 0.1) is 11.5 Å². The molecule has 0 spiro atoms. The zero-order chi connectivity index (χ0) is 24.7. The van der Waals surface area contributed by atoms with Gasteiger partial charge in [-0.05, 0) is 34.3 Å². The summed E-state index contributed by atoms with van der Waals surface area (Å²) < 4.78 is 9.05. The quantitative estimate of drug-likeness (QED) is 0.206. The van der Waals surface area contributed by atoms with Gasteiger partial charge in [0, 0.05) is 5.56 Å². The summed E-state index contributed by atoms with van der Waals surface area (Å²) in [4.78, 5) is 0. The number of hydrogen-bond acceptors (Lipinski definition) is 3. The summed E-state index contributed by atoms with van der Waals surface area (Å²) in [6, 6.07) is 30.8. The first-order valence-electron chi connectivity index (χ1n) is 12.2. The second-order valence-electron chi connectivity index (χ2n) is 9.45.